The molecule has 142 valence electrons. The van der Waals surface area contributed by atoms with Crippen molar-refractivity contribution < 1.29 is 4.57 Å². The molecule has 1 aliphatic rings. The Morgan fingerprint density at radius 3 is 2.41 bits per heavy atom. The van der Waals surface area contributed by atoms with Crippen molar-refractivity contribution in [2.45, 2.75) is 26.2 Å². The van der Waals surface area contributed by atoms with Gasteiger partial charge in [-0.3, -0.25) is 4.98 Å². The molecule has 0 N–H and O–H groups in total. The number of fused-ring (bicyclic) bond motifs is 3. The van der Waals surface area contributed by atoms with Gasteiger partial charge in [0.2, 0.25) is 5.69 Å². The van der Waals surface area contributed by atoms with Crippen molar-refractivity contribution in [2.75, 3.05) is 0 Å². The smallest absolute Gasteiger partial charge is 0.213 e. The fraction of sp³-hybridized carbons (Fsp3) is 0.185. The summed E-state index contributed by atoms with van der Waals surface area (Å²) in [4.78, 5) is 4.77. The van der Waals surface area contributed by atoms with Gasteiger partial charge in [0.15, 0.2) is 6.20 Å². The van der Waals surface area contributed by atoms with Gasteiger partial charge in [-0.05, 0) is 40.8 Å². The summed E-state index contributed by atoms with van der Waals surface area (Å²) in [5, 5.41) is 0. The number of hydrogen-bond donors (Lipinski definition) is 0. The molecular weight excluding hydrogens is 352 g/mol. The first-order chi connectivity index (χ1) is 14.0. The zero-order valence-electron chi connectivity index (χ0n) is 17.4. The van der Waals surface area contributed by atoms with E-state index in [0.29, 0.717) is 0 Å². The van der Waals surface area contributed by atoms with Gasteiger partial charge in [-0.25, -0.2) is 4.57 Å². The number of rotatable bonds is 2. The summed E-state index contributed by atoms with van der Waals surface area (Å²) in [5.41, 5.74) is 11.3. The van der Waals surface area contributed by atoms with Crippen molar-refractivity contribution in [1.82, 2.24) is 4.98 Å². The Morgan fingerprint density at radius 1 is 0.828 bits per heavy atom. The summed E-state index contributed by atoms with van der Waals surface area (Å²) in [6.45, 7) is 6.82. The maximum atomic E-state index is 4.77. The van der Waals surface area contributed by atoms with Gasteiger partial charge >= 0.3 is 0 Å². The average Bonchev–Trinajstić information content (AvgIpc) is 2.97. The van der Waals surface area contributed by atoms with E-state index in [1.165, 1.54) is 50.3 Å². The minimum Gasteiger partial charge on any atom is -0.260 e. The second-order valence-electron chi connectivity index (χ2n) is 8.48. The molecule has 29 heavy (non-hydrogen) atoms. The van der Waals surface area contributed by atoms with Crippen LogP contribution in [-0.2, 0) is 12.5 Å². The van der Waals surface area contributed by atoms with E-state index in [4.69, 9.17) is 4.98 Å². The third-order valence-corrected chi connectivity index (χ3v) is 6.24. The lowest BCUT2D eigenvalue weighted by Crippen LogP contribution is -2.32. The Hall–Kier alpha value is -3.26. The van der Waals surface area contributed by atoms with E-state index in [1.54, 1.807) is 0 Å². The van der Waals surface area contributed by atoms with Crippen LogP contribution in [0, 0.1) is 6.92 Å². The normalized spacial score (nSPS) is 13.8. The largest absolute Gasteiger partial charge is 0.260 e. The predicted molar refractivity (Wildman–Crippen MR) is 119 cm³/mol. The minimum atomic E-state index is -0.136. The highest BCUT2D eigenvalue weighted by Gasteiger charge is 2.40. The molecule has 2 aromatic carbocycles. The van der Waals surface area contributed by atoms with Crippen molar-refractivity contribution in [3.8, 4) is 33.5 Å². The Morgan fingerprint density at radius 2 is 1.62 bits per heavy atom. The molecule has 1 aliphatic carbocycles. The van der Waals surface area contributed by atoms with Crippen molar-refractivity contribution in [3.63, 3.8) is 0 Å². The molecule has 2 heteroatoms. The van der Waals surface area contributed by atoms with Crippen LogP contribution in [0.5, 0.6) is 0 Å². The maximum absolute atomic E-state index is 4.77. The van der Waals surface area contributed by atoms with Crippen molar-refractivity contribution >= 4 is 0 Å². The monoisotopic (exact) mass is 377 g/mol. The number of aromatic nitrogens is 2. The maximum Gasteiger partial charge on any atom is 0.213 e. The van der Waals surface area contributed by atoms with E-state index in [1.807, 2.05) is 12.3 Å². The van der Waals surface area contributed by atoms with Crippen LogP contribution in [-0.4, -0.2) is 4.98 Å². The van der Waals surface area contributed by atoms with Crippen LogP contribution in [0.1, 0.15) is 30.7 Å². The molecule has 0 amide bonds. The highest BCUT2D eigenvalue weighted by atomic mass is 14.9. The Balaban J connectivity index is 1.80. The van der Waals surface area contributed by atoms with Gasteiger partial charge in [-0.1, -0.05) is 62.4 Å². The first-order valence-corrected chi connectivity index (χ1v) is 10.1. The first-order valence-electron chi connectivity index (χ1n) is 10.1. The summed E-state index contributed by atoms with van der Waals surface area (Å²) >= 11 is 0. The second-order valence-corrected chi connectivity index (χ2v) is 8.48. The third kappa shape index (κ3) is 2.63. The number of aryl methyl sites for hydroxylation is 2. The predicted octanol–water partition coefficient (Wildman–Crippen LogP) is 5.85. The lowest BCUT2D eigenvalue weighted by molar-refractivity contribution is -0.660. The Bertz CT molecular complexity index is 1240. The van der Waals surface area contributed by atoms with Crippen LogP contribution in [0.3, 0.4) is 0 Å². The van der Waals surface area contributed by atoms with Gasteiger partial charge in [-0.2, -0.15) is 0 Å². The molecule has 0 spiro atoms. The van der Waals surface area contributed by atoms with Crippen LogP contribution in [0.4, 0.5) is 0 Å². The molecule has 0 atom stereocenters. The highest BCUT2D eigenvalue weighted by Crippen LogP contribution is 2.51. The van der Waals surface area contributed by atoms with Crippen molar-refractivity contribution in [1.29, 1.82) is 0 Å². The molecule has 0 aliphatic heterocycles. The number of pyridine rings is 2. The van der Waals surface area contributed by atoms with E-state index in [2.05, 4.69) is 99.2 Å². The number of benzene rings is 2. The van der Waals surface area contributed by atoms with Gasteiger partial charge in [0.05, 0.1) is 11.3 Å². The minimum absolute atomic E-state index is 0.136. The Kier molecular flexibility index (Phi) is 3.92. The van der Waals surface area contributed by atoms with E-state index >= 15 is 0 Å². The van der Waals surface area contributed by atoms with Gasteiger partial charge < -0.3 is 0 Å². The zero-order chi connectivity index (χ0) is 20.2. The second kappa shape index (κ2) is 6.38. The van der Waals surface area contributed by atoms with Crippen LogP contribution < -0.4 is 4.57 Å². The molecule has 2 aromatic heterocycles. The molecule has 2 heterocycles. The molecule has 0 unspecified atom stereocenters. The summed E-state index contributed by atoms with van der Waals surface area (Å²) in [6, 6.07) is 23.9. The number of hydrogen-bond acceptors (Lipinski definition) is 1. The highest BCUT2D eigenvalue weighted by molar-refractivity contribution is 5.87. The van der Waals surface area contributed by atoms with E-state index in [9.17, 15) is 0 Å². The number of nitrogens with zero attached hydrogens (tertiary/aromatic N) is 2. The fourth-order valence-corrected chi connectivity index (χ4v) is 4.78. The third-order valence-electron chi connectivity index (χ3n) is 6.24. The van der Waals surface area contributed by atoms with E-state index in [0.717, 1.165) is 0 Å². The molecule has 0 bridgehead atoms. The quantitative estimate of drug-likeness (QED) is 0.400. The average molecular weight is 378 g/mol. The standard InChI is InChI=1S/C27H25N2/c1-18-12-13-21-22-11-8-15-28-26(22)27(2,3)25(21)24(18)23-17-20(14-16-29(23)4)19-9-6-5-7-10-19/h5-17H,1-4H3/q+1. The molecule has 0 saturated heterocycles. The first kappa shape index (κ1) is 17.8. The molecule has 0 fully saturated rings. The topological polar surface area (TPSA) is 16.8 Å². The van der Waals surface area contributed by atoms with Gasteiger partial charge in [0.1, 0.15) is 7.05 Å². The molecule has 4 aromatic rings. The zero-order valence-corrected chi connectivity index (χ0v) is 17.4. The molecule has 0 saturated carbocycles. The van der Waals surface area contributed by atoms with Gasteiger partial charge in [-0.15, -0.1) is 0 Å². The van der Waals surface area contributed by atoms with Crippen molar-refractivity contribution in [3.05, 3.63) is 95.9 Å². The van der Waals surface area contributed by atoms with Crippen LogP contribution >= 0.6 is 0 Å². The van der Waals surface area contributed by atoms with Crippen LogP contribution in [0.25, 0.3) is 33.5 Å². The van der Waals surface area contributed by atoms with Gasteiger partial charge in [0, 0.05) is 29.3 Å². The Labute approximate surface area is 172 Å². The molecule has 5 rings (SSSR count). The van der Waals surface area contributed by atoms with E-state index < -0.39 is 0 Å². The molecule has 2 nitrogen and oxygen atoms in total. The fourth-order valence-electron chi connectivity index (χ4n) is 4.78. The summed E-state index contributed by atoms with van der Waals surface area (Å²) in [7, 11) is 2.14. The van der Waals surface area contributed by atoms with Crippen LogP contribution in [0.15, 0.2) is 79.1 Å². The molecular formula is C27H25N2+. The summed E-state index contributed by atoms with van der Waals surface area (Å²) in [5.74, 6) is 0. The molecule has 0 radical (unpaired) electrons. The van der Waals surface area contributed by atoms with Crippen LogP contribution in [0.2, 0.25) is 0 Å². The lowest BCUT2D eigenvalue weighted by atomic mass is 9.80. The van der Waals surface area contributed by atoms with Gasteiger partial charge in [0.25, 0.3) is 0 Å². The summed E-state index contributed by atoms with van der Waals surface area (Å²) in [6.07, 6.45) is 4.08. The van der Waals surface area contributed by atoms with Crippen molar-refractivity contribution in [2.24, 2.45) is 7.05 Å². The van der Waals surface area contributed by atoms with E-state index in [-0.39, 0.29) is 5.41 Å². The SMILES string of the molecule is Cc1ccc2c(c1-c1cc(-c3ccccc3)cc[n+]1C)C(C)(C)c1ncccc1-2. The lowest BCUT2D eigenvalue weighted by Gasteiger charge is -2.23. The summed E-state index contributed by atoms with van der Waals surface area (Å²) < 4.78 is 2.24.